The minimum atomic E-state index is 0.597. The Morgan fingerprint density at radius 3 is 2.56 bits per heavy atom. The molecule has 0 amide bonds. The minimum Gasteiger partial charge on any atom is -0.437 e. The van der Waals surface area contributed by atoms with Crippen LogP contribution in [0, 0.1) is 13.8 Å². The Labute approximate surface area is 94.9 Å². The van der Waals surface area contributed by atoms with Crippen molar-refractivity contribution in [2.45, 2.75) is 13.8 Å². The van der Waals surface area contributed by atoms with Crippen molar-refractivity contribution in [1.82, 2.24) is 4.98 Å². The summed E-state index contributed by atoms with van der Waals surface area (Å²) in [6.45, 7) is 3.90. The van der Waals surface area contributed by atoms with Gasteiger partial charge in [0, 0.05) is 11.8 Å². The van der Waals surface area contributed by atoms with Gasteiger partial charge < -0.3 is 10.5 Å². The number of para-hydroxylation sites is 1. The number of nitrogen functional groups attached to an aromatic ring is 1. The number of aryl methyl sites for hydroxylation is 2. The number of rotatable bonds is 2. The second-order valence-corrected chi connectivity index (χ2v) is 3.71. The van der Waals surface area contributed by atoms with Crippen LogP contribution in [-0.2, 0) is 0 Å². The molecule has 0 spiro atoms. The predicted octanol–water partition coefficient (Wildman–Crippen LogP) is 3.07. The van der Waals surface area contributed by atoms with Crippen molar-refractivity contribution < 1.29 is 4.74 Å². The standard InChI is InChI=1S/C13H14N2O/c1-9-5-3-7-11(12(9)14)16-13-10(2)6-4-8-15-13/h3-8H,14H2,1-2H3. The first kappa shape index (κ1) is 10.5. The van der Waals surface area contributed by atoms with Gasteiger partial charge in [-0.05, 0) is 31.5 Å². The summed E-state index contributed by atoms with van der Waals surface area (Å²) in [4.78, 5) is 4.17. The molecule has 1 aromatic heterocycles. The molecule has 2 N–H and O–H groups in total. The molecule has 0 aliphatic carbocycles. The van der Waals surface area contributed by atoms with Crippen LogP contribution in [0.3, 0.4) is 0 Å². The lowest BCUT2D eigenvalue weighted by Gasteiger charge is -2.10. The fourth-order valence-electron chi connectivity index (χ4n) is 1.42. The highest BCUT2D eigenvalue weighted by Gasteiger charge is 2.06. The molecule has 2 rings (SSSR count). The van der Waals surface area contributed by atoms with Crippen molar-refractivity contribution in [3.8, 4) is 11.6 Å². The second-order valence-electron chi connectivity index (χ2n) is 3.71. The van der Waals surface area contributed by atoms with Gasteiger partial charge in [-0.3, -0.25) is 0 Å². The lowest BCUT2D eigenvalue weighted by atomic mass is 10.2. The Kier molecular flexibility index (Phi) is 2.77. The van der Waals surface area contributed by atoms with E-state index in [-0.39, 0.29) is 0 Å². The number of hydrogen-bond donors (Lipinski definition) is 1. The highest BCUT2D eigenvalue weighted by Crippen LogP contribution is 2.29. The maximum Gasteiger partial charge on any atom is 0.222 e. The molecular formula is C13H14N2O. The lowest BCUT2D eigenvalue weighted by Crippen LogP contribution is -1.96. The Morgan fingerprint density at radius 1 is 1.06 bits per heavy atom. The van der Waals surface area contributed by atoms with Crippen LogP contribution in [0.1, 0.15) is 11.1 Å². The van der Waals surface area contributed by atoms with E-state index in [1.54, 1.807) is 6.20 Å². The smallest absolute Gasteiger partial charge is 0.222 e. The molecule has 3 nitrogen and oxygen atoms in total. The zero-order valence-corrected chi connectivity index (χ0v) is 9.40. The van der Waals surface area contributed by atoms with E-state index in [9.17, 15) is 0 Å². The van der Waals surface area contributed by atoms with Gasteiger partial charge in [0.1, 0.15) is 0 Å². The number of nitrogens with zero attached hydrogens (tertiary/aromatic N) is 1. The first-order chi connectivity index (χ1) is 7.68. The van der Waals surface area contributed by atoms with E-state index >= 15 is 0 Å². The summed E-state index contributed by atoms with van der Waals surface area (Å²) < 4.78 is 5.68. The van der Waals surface area contributed by atoms with Gasteiger partial charge in [0.05, 0.1) is 5.69 Å². The summed E-state index contributed by atoms with van der Waals surface area (Å²) in [6.07, 6.45) is 1.70. The molecule has 0 bridgehead atoms. The molecule has 0 atom stereocenters. The molecule has 0 aliphatic rings. The maximum absolute atomic E-state index is 5.93. The summed E-state index contributed by atoms with van der Waals surface area (Å²) in [7, 11) is 0. The van der Waals surface area contributed by atoms with Crippen LogP contribution in [0.4, 0.5) is 5.69 Å². The van der Waals surface area contributed by atoms with Crippen LogP contribution >= 0.6 is 0 Å². The van der Waals surface area contributed by atoms with Crippen LogP contribution in [0.15, 0.2) is 36.5 Å². The molecule has 2 aromatic rings. The highest BCUT2D eigenvalue weighted by molar-refractivity contribution is 5.58. The quantitative estimate of drug-likeness (QED) is 0.781. The summed E-state index contributed by atoms with van der Waals surface area (Å²) in [5.41, 5.74) is 8.58. The average Bonchev–Trinajstić information content (AvgIpc) is 2.28. The van der Waals surface area contributed by atoms with E-state index in [0.29, 0.717) is 17.3 Å². The van der Waals surface area contributed by atoms with Crippen molar-refractivity contribution in [3.63, 3.8) is 0 Å². The maximum atomic E-state index is 5.93. The number of aromatic nitrogens is 1. The molecule has 0 unspecified atom stereocenters. The van der Waals surface area contributed by atoms with Crippen LogP contribution in [0.5, 0.6) is 11.6 Å². The Bertz CT molecular complexity index is 509. The van der Waals surface area contributed by atoms with Crippen LogP contribution in [0.2, 0.25) is 0 Å². The Hall–Kier alpha value is -2.03. The van der Waals surface area contributed by atoms with Gasteiger partial charge in [0.25, 0.3) is 0 Å². The van der Waals surface area contributed by atoms with Gasteiger partial charge in [-0.25, -0.2) is 4.98 Å². The monoisotopic (exact) mass is 214 g/mol. The summed E-state index contributed by atoms with van der Waals surface area (Å²) in [5, 5.41) is 0. The first-order valence-electron chi connectivity index (χ1n) is 5.13. The van der Waals surface area contributed by atoms with E-state index in [1.807, 2.05) is 44.2 Å². The molecule has 0 fully saturated rings. The van der Waals surface area contributed by atoms with Gasteiger partial charge in [-0.2, -0.15) is 0 Å². The normalized spacial score (nSPS) is 10.1. The molecule has 3 heteroatoms. The number of nitrogens with two attached hydrogens (primary N) is 1. The third-order valence-electron chi connectivity index (χ3n) is 2.45. The number of benzene rings is 1. The van der Waals surface area contributed by atoms with E-state index in [0.717, 1.165) is 11.1 Å². The van der Waals surface area contributed by atoms with Crippen LogP contribution in [0.25, 0.3) is 0 Å². The fourth-order valence-corrected chi connectivity index (χ4v) is 1.42. The average molecular weight is 214 g/mol. The largest absolute Gasteiger partial charge is 0.437 e. The van der Waals surface area contributed by atoms with Crippen molar-refractivity contribution in [2.75, 3.05) is 5.73 Å². The molecule has 16 heavy (non-hydrogen) atoms. The number of pyridine rings is 1. The summed E-state index contributed by atoms with van der Waals surface area (Å²) in [6, 6.07) is 9.54. The van der Waals surface area contributed by atoms with Crippen molar-refractivity contribution in [3.05, 3.63) is 47.7 Å². The third kappa shape index (κ3) is 1.98. The molecule has 0 saturated heterocycles. The predicted molar refractivity (Wildman–Crippen MR) is 64.6 cm³/mol. The van der Waals surface area contributed by atoms with Crippen LogP contribution < -0.4 is 10.5 Å². The Balaban J connectivity index is 2.35. The molecule has 0 saturated carbocycles. The molecule has 1 heterocycles. The number of anilines is 1. The number of ether oxygens (including phenoxy) is 1. The summed E-state index contributed by atoms with van der Waals surface area (Å²) in [5.74, 6) is 1.25. The molecule has 0 aliphatic heterocycles. The van der Waals surface area contributed by atoms with Gasteiger partial charge >= 0.3 is 0 Å². The van der Waals surface area contributed by atoms with Crippen molar-refractivity contribution in [2.24, 2.45) is 0 Å². The zero-order chi connectivity index (χ0) is 11.5. The highest BCUT2D eigenvalue weighted by atomic mass is 16.5. The van der Waals surface area contributed by atoms with Gasteiger partial charge in [-0.1, -0.05) is 18.2 Å². The minimum absolute atomic E-state index is 0.597. The van der Waals surface area contributed by atoms with E-state index < -0.39 is 0 Å². The summed E-state index contributed by atoms with van der Waals surface area (Å²) >= 11 is 0. The number of hydrogen-bond acceptors (Lipinski definition) is 3. The van der Waals surface area contributed by atoms with Crippen molar-refractivity contribution >= 4 is 5.69 Å². The van der Waals surface area contributed by atoms with Gasteiger partial charge in [0.2, 0.25) is 5.88 Å². The molecule has 0 radical (unpaired) electrons. The van der Waals surface area contributed by atoms with E-state index in [2.05, 4.69) is 4.98 Å². The third-order valence-corrected chi connectivity index (χ3v) is 2.45. The molecule has 1 aromatic carbocycles. The van der Waals surface area contributed by atoms with Crippen molar-refractivity contribution in [1.29, 1.82) is 0 Å². The van der Waals surface area contributed by atoms with Gasteiger partial charge in [0.15, 0.2) is 5.75 Å². The SMILES string of the molecule is Cc1cccnc1Oc1cccc(C)c1N. The fraction of sp³-hybridized carbons (Fsp3) is 0.154. The molecular weight excluding hydrogens is 200 g/mol. The van der Waals surface area contributed by atoms with Gasteiger partial charge in [-0.15, -0.1) is 0 Å². The Morgan fingerprint density at radius 2 is 1.81 bits per heavy atom. The lowest BCUT2D eigenvalue weighted by molar-refractivity contribution is 0.461. The topological polar surface area (TPSA) is 48.1 Å². The van der Waals surface area contributed by atoms with E-state index in [4.69, 9.17) is 10.5 Å². The molecule has 82 valence electrons. The first-order valence-corrected chi connectivity index (χ1v) is 5.13. The zero-order valence-electron chi connectivity index (χ0n) is 9.40. The van der Waals surface area contributed by atoms with E-state index in [1.165, 1.54) is 0 Å². The second kappa shape index (κ2) is 4.23. The van der Waals surface area contributed by atoms with Crippen LogP contribution in [-0.4, -0.2) is 4.98 Å².